The molecule has 6 nitrogen and oxygen atoms in total. The average Bonchev–Trinajstić information content (AvgIpc) is 3.29. The van der Waals surface area contributed by atoms with Crippen LogP contribution in [-0.2, 0) is 10.0 Å². The lowest BCUT2D eigenvalue weighted by molar-refractivity contribution is -0.124. The number of nitrogens with one attached hydrogen (secondary N) is 1. The number of nitrogens with zero attached hydrogens (tertiary/aromatic N) is 4. The fraction of sp³-hybridized carbons (Fsp3) is 0.263. The van der Waals surface area contributed by atoms with Crippen molar-refractivity contribution in [2.75, 3.05) is 4.90 Å². The van der Waals surface area contributed by atoms with Crippen LogP contribution in [0.1, 0.15) is 5.56 Å². The van der Waals surface area contributed by atoms with Gasteiger partial charge in [-0.2, -0.15) is 5.10 Å². The molecule has 0 radical (unpaired) electrons. The highest BCUT2D eigenvalue weighted by molar-refractivity contribution is 6.69. The highest BCUT2D eigenvalue weighted by Crippen LogP contribution is 2.71. The van der Waals surface area contributed by atoms with E-state index in [-0.39, 0.29) is 16.3 Å². The summed E-state index contributed by atoms with van der Waals surface area (Å²) in [5, 5.41) is 4.18. The molecule has 0 spiro atoms. The maximum atomic E-state index is 14.8. The minimum absolute atomic E-state index is 0.0675. The van der Waals surface area contributed by atoms with E-state index in [0.29, 0.717) is 11.4 Å². The molecule has 1 amide bonds. The third-order valence-electron chi connectivity index (χ3n) is 10.1. The van der Waals surface area contributed by atoms with Crippen LogP contribution < -0.4 is 4.90 Å². The Hall–Kier alpha value is -2.22. The van der Waals surface area contributed by atoms with Crippen molar-refractivity contribution in [2.24, 2.45) is 0 Å². The summed E-state index contributed by atoms with van der Waals surface area (Å²) in [6.45, 7) is 0. The van der Waals surface area contributed by atoms with E-state index in [1.165, 1.54) is 6.07 Å². The smallest absolute Gasteiger partial charge is 0.223 e. The predicted molar refractivity (Wildman–Crippen MR) is 168 cm³/mol. The second-order valence-corrected chi connectivity index (χ2v) is 12.4. The average molecular weight is 492 g/mol. The van der Waals surface area contributed by atoms with Crippen LogP contribution in [0, 0.1) is 5.82 Å². The van der Waals surface area contributed by atoms with Crippen LogP contribution in [0.5, 0.6) is 0 Å². The zero-order valence-corrected chi connectivity index (χ0v) is 23.3. The Kier molecular flexibility index (Phi) is 6.26. The van der Waals surface area contributed by atoms with Crippen LogP contribution in [0.4, 0.5) is 10.2 Å². The minimum Gasteiger partial charge on any atom is -0.309 e. The Morgan fingerprint density at radius 2 is 1.61 bits per heavy atom. The number of amides is 1. The molecule has 0 unspecified atom stereocenters. The highest BCUT2D eigenvalue weighted by Gasteiger charge is 2.69. The second-order valence-electron chi connectivity index (χ2n) is 12.1. The number of carbonyl (C=O) groups is 1. The predicted octanol–water partition coefficient (Wildman–Crippen LogP) is -5.40. The molecule has 1 atom stereocenters. The molecule has 17 heteroatoms. The Morgan fingerprint density at radius 1 is 1.00 bits per heavy atom. The lowest BCUT2D eigenvalue weighted by atomic mass is 9.08. The number of carbonyl (C=O) groups excluding carboxylic acids is 1. The molecule has 1 N–H and O–H groups in total. The van der Waals surface area contributed by atoms with Crippen LogP contribution in [0.2, 0.25) is 20.9 Å². The summed E-state index contributed by atoms with van der Waals surface area (Å²) in [5.41, 5.74) is 2.25. The molecular formula is C19H26B9ClFN5O. The molecule has 174 valence electrons. The molecule has 0 saturated carbocycles. The molecular weight excluding hydrogens is 466 g/mol. The zero-order valence-electron chi connectivity index (χ0n) is 22.5. The van der Waals surface area contributed by atoms with Gasteiger partial charge in [-0.15, -0.1) is 0 Å². The lowest BCUT2D eigenvalue weighted by Gasteiger charge is -2.72. The van der Waals surface area contributed by atoms with Crippen molar-refractivity contribution in [3.63, 3.8) is 0 Å². The molecule has 3 aromatic heterocycles. The first-order valence-corrected chi connectivity index (χ1v) is 12.5. The topological polar surface area (TPSA) is 74.8 Å². The van der Waals surface area contributed by atoms with Crippen molar-refractivity contribution < 1.29 is 9.18 Å². The van der Waals surface area contributed by atoms with Gasteiger partial charge in [0, 0.05) is 35.5 Å². The minimum atomic E-state index is -0.969. The lowest BCUT2D eigenvalue weighted by Crippen LogP contribution is -2.76. The third-order valence-corrected chi connectivity index (χ3v) is 10.4. The van der Waals surface area contributed by atoms with Crippen LogP contribution in [0.15, 0.2) is 42.9 Å². The Morgan fingerprint density at radius 3 is 2.19 bits per heavy atom. The number of hydrogen-bond donors (Lipinski definition) is 1. The molecule has 0 aliphatic carbocycles. The number of aromatic amines is 1. The largest absolute Gasteiger partial charge is 0.309 e. The molecule has 4 heterocycles. The Bertz CT molecular complexity index is 1340. The number of rotatable bonds is 4. The van der Waals surface area contributed by atoms with Crippen LogP contribution in [-0.4, -0.2) is 102 Å². The number of hydrogen-bond acceptors (Lipinski definition) is 4. The molecule has 3 aromatic rings. The molecule has 0 aromatic carbocycles. The van der Waals surface area contributed by atoms with E-state index in [9.17, 15) is 9.18 Å². The highest BCUT2D eigenvalue weighted by atomic mass is 35.5. The van der Waals surface area contributed by atoms with E-state index in [2.05, 4.69) is 67.2 Å². The van der Waals surface area contributed by atoms with E-state index < -0.39 is 26.9 Å². The summed E-state index contributed by atoms with van der Waals surface area (Å²) in [6.07, 6.45) is 5.00. The molecule has 1 aliphatic heterocycles. The van der Waals surface area contributed by atoms with Crippen molar-refractivity contribution in [3.05, 3.63) is 59.4 Å². The molecule has 1 saturated heterocycles. The van der Waals surface area contributed by atoms with E-state index in [1.54, 1.807) is 18.6 Å². The number of halogens is 2. The summed E-state index contributed by atoms with van der Waals surface area (Å²) in [6, 6.07) is 7.07. The van der Waals surface area contributed by atoms with Crippen molar-refractivity contribution in [3.8, 4) is 11.3 Å². The monoisotopic (exact) mass is 493 g/mol. The number of anilines is 1. The van der Waals surface area contributed by atoms with Crippen LogP contribution in [0.3, 0.4) is 0 Å². The number of H-pyrrole nitrogens is 1. The van der Waals surface area contributed by atoms with Gasteiger partial charge in [-0.05, 0) is 29.1 Å². The summed E-state index contributed by atoms with van der Waals surface area (Å²) in [4.78, 5) is 24.8. The Labute approximate surface area is 224 Å². The van der Waals surface area contributed by atoms with Gasteiger partial charge in [-0.25, -0.2) is 9.37 Å². The van der Waals surface area contributed by atoms with Crippen molar-refractivity contribution in [2.45, 2.75) is 26.3 Å². The van der Waals surface area contributed by atoms with Crippen molar-refractivity contribution >= 4 is 93.9 Å². The van der Waals surface area contributed by atoms with Gasteiger partial charge >= 0.3 is 0 Å². The normalized spacial score (nSPS) is 22.8. The number of piperidine rings is 1. The second kappa shape index (κ2) is 8.40. The van der Waals surface area contributed by atoms with Crippen molar-refractivity contribution in [1.29, 1.82) is 0 Å². The maximum Gasteiger partial charge on any atom is 0.223 e. The SMILES string of the molecule is BC1(B)N(c2cc(-c3ccncc3)n[nH]2)C(=O)[C@@](B)(C(B)(B)c2cnc(Cl)c(F)c2)C(B)(B)C1(B)B. The molecule has 36 heavy (non-hydrogen) atoms. The summed E-state index contributed by atoms with van der Waals surface area (Å²) >= 11 is 5.90. The first-order chi connectivity index (χ1) is 16.5. The molecule has 0 bridgehead atoms. The Balaban J connectivity index is 1.93. The molecule has 1 aliphatic rings. The van der Waals surface area contributed by atoms with E-state index >= 15 is 0 Å². The maximum absolute atomic E-state index is 14.8. The first kappa shape index (κ1) is 26.8. The molecule has 1 fully saturated rings. The van der Waals surface area contributed by atoms with Gasteiger partial charge in [0.05, 0.1) is 37.1 Å². The zero-order chi connectivity index (χ0) is 26.9. The van der Waals surface area contributed by atoms with E-state index in [1.807, 2.05) is 46.6 Å². The number of pyridine rings is 2. The van der Waals surface area contributed by atoms with Gasteiger partial charge in [0.1, 0.15) is 45.0 Å². The first-order valence-electron chi connectivity index (χ1n) is 12.1. The summed E-state index contributed by atoms with van der Waals surface area (Å²) in [5.74, 6) is -0.0520. The van der Waals surface area contributed by atoms with Crippen LogP contribution >= 0.6 is 11.6 Å². The standard InChI is InChI=1S/C19H26B9ClFN5O/c20-15(16(21,22)9-5-10(30)13(29)32-7-9)14(36)35(19(27,28)18(25,26)17(15,23)24)12-6-11(33-34-12)8-1-3-31-4-2-8/h1-7H,20-28H2,(H,33,34)/t15-/m1/s1. The van der Waals surface area contributed by atoms with Gasteiger partial charge in [-0.1, -0.05) is 27.2 Å². The van der Waals surface area contributed by atoms with Gasteiger partial charge in [0.25, 0.3) is 0 Å². The van der Waals surface area contributed by atoms with E-state index in [0.717, 1.165) is 11.3 Å². The summed E-state index contributed by atoms with van der Waals surface area (Å²) in [7, 11) is 18.8. The van der Waals surface area contributed by atoms with Crippen molar-refractivity contribution in [1.82, 2.24) is 20.2 Å². The van der Waals surface area contributed by atoms with Crippen LogP contribution in [0.25, 0.3) is 11.3 Å². The third kappa shape index (κ3) is 3.42. The summed E-state index contributed by atoms with van der Waals surface area (Å²) < 4.78 is 14.6. The van der Waals surface area contributed by atoms with E-state index in [4.69, 9.17) is 11.6 Å². The quantitative estimate of drug-likeness (QED) is 0.292. The van der Waals surface area contributed by atoms with Gasteiger partial charge in [-0.3, -0.25) is 14.9 Å². The number of aromatic nitrogens is 4. The van der Waals surface area contributed by atoms with Gasteiger partial charge in [0.15, 0.2) is 11.0 Å². The van der Waals surface area contributed by atoms with Gasteiger partial charge < -0.3 is 4.90 Å². The van der Waals surface area contributed by atoms with Gasteiger partial charge in [0.2, 0.25) is 5.91 Å². The fourth-order valence-electron chi connectivity index (χ4n) is 6.02. The molecule has 4 rings (SSSR count). The fourth-order valence-corrected chi connectivity index (χ4v) is 6.12.